The molecule has 1 unspecified atom stereocenters. The van der Waals surface area contributed by atoms with Crippen LogP contribution < -0.4 is 11.1 Å². The second kappa shape index (κ2) is 9.72. The number of oxazole rings is 1. The van der Waals surface area contributed by atoms with Crippen LogP contribution in [0, 0.1) is 12.7 Å². The molecule has 0 saturated carbocycles. The number of aryl methyl sites for hydroxylation is 1. The van der Waals surface area contributed by atoms with E-state index in [-0.39, 0.29) is 29.9 Å². The number of aromatic nitrogens is 1. The molecule has 1 aliphatic rings. The molecule has 0 radical (unpaired) electrons. The van der Waals surface area contributed by atoms with Crippen LogP contribution in [0.2, 0.25) is 0 Å². The lowest BCUT2D eigenvalue weighted by Crippen LogP contribution is -2.37. The van der Waals surface area contributed by atoms with Crippen molar-refractivity contribution < 1.29 is 31.5 Å². The molecule has 0 saturated heterocycles. The van der Waals surface area contributed by atoms with Crippen molar-refractivity contribution in [3.63, 3.8) is 0 Å². The third-order valence-corrected chi connectivity index (χ3v) is 3.50. The largest absolute Gasteiger partial charge is 0.459 e. The zero-order chi connectivity index (χ0) is 20.7. The van der Waals surface area contributed by atoms with Gasteiger partial charge in [0.25, 0.3) is 18.4 Å². The van der Waals surface area contributed by atoms with E-state index in [4.69, 9.17) is 10.2 Å². The van der Waals surface area contributed by atoms with Crippen LogP contribution in [-0.2, 0) is 4.74 Å². The Morgan fingerprint density at radius 1 is 1.36 bits per heavy atom. The number of nitrogens with zero attached hydrogens (tertiary/aromatic N) is 2. The molecule has 0 fully saturated rings. The Bertz CT molecular complexity index is 811. The first-order valence-electron chi connectivity index (χ1n) is 8.11. The Hall–Kier alpha value is -3.11. The van der Waals surface area contributed by atoms with Gasteiger partial charge in [0, 0.05) is 19.0 Å². The van der Waals surface area contributed by atoms with Gasteiger partial charge >= 0.3 is 0 Å². The summed E-state index contributed by atoms with van der Waals surface area (Å²) in [5.41, 5.74) is 5.76. The normalized spacial score (nSPS) is 18.6. The summed E-state index contributed by atoms with van der Waals surface area (Å²) < 4.78 is 58.3. The molecule has 0 aliphatic carbocycles. The Labute approximate surface area is 157 Å². The lowest BCUT2D eigenvalue weighted by Gasteiger charge is -2.24. The van der Waals surface area contributed by atoms with Gasteiger partial charge in [-0.25, -0.2) is 27.5 Å². The number of ether oxygens (including phenoxy) is 1. The van der Waals surface area contributed by atoms with E-state index in [2.05, 4.69) is 20.0 Å². The summed E-state index contributed by atoms with van der Waals surface area (Å²) in [7, 11) is 0. The number of amidine groups is 1. The van der Waals surface area contributed by atoms with E-state index in [0.29, 0.717) is 11.6 Å². The summed E-state index contributed by atoms with van der Waals surface area (Å²) in [5.74, 6) is -0.317. The van der Waals surface area contributed by atoms with Crippen LogP contribution in [0.5, 0.6) is 0 Å². The third-order valence-electron chi connectivity index (χ3n) is 3.50. The Morgan fingerprint density at radius 2 is 2.04 bits per heavy atom. The van der Waals surface area contributed by atoms with Gasteiger partial charge in [-0.05, 0) is 24.3 Å². The number of nitrogens with two attached hydrogens (primary N) is 1. The molecule has 28 heavy (non-hydrogen) atoms. The number of carbonyl (C=O) groups is 1. The summed E-state index contributed by atoms with van der Waals surface area (Å²) in [6.45, 7) is 0.827. The first kappa shape index (κ1) is 21.2. The van der Waals surface area contributed by atoms with E-state index >= 15 is 0 Å². The van der Waals surface area contributed by atoms with Crippen molar-refractivity contribution in [2.45, 2.75) is 31.9 Å². The Kier molecular flexibility index (Phi) is 7.36. The number of aliphatic imine (C=N–C) groups is 1. The monoisotopic (exact) mass is 402 g/mol. The van der Waals surface area contributed by atoms with Crippen molar-refractivity contribution in [2.24, 2.45) is 10.7 Å². The van der Waals surface area contributed by atoms with E-state index in [1.54, 1.807) is 6.92 Å². The summed E-state index contributed by atoms with van der Waals surface area (Å²) in [6, 6.07) is 3.90. The van der Waals surface area contributed by atoms with Crippen LogP contribution in [0.1, 0.15) is 22.8 Å². The first-order valence-corrected chi connectivity index (χ1v) is 8.11. The van der Waals surface area contributed by atoms with Gasteiger partial charge in [-0.3, -0.25) is 4.79 Å². The van der Waals surface area contributed by atoms with E-state index < -0.39 is 25.2 Å². The van der Waals surface area contributed by atoms with Gasteiger partial charge in [-0.1, -0.05) is 0 Å². The van der Waals surface area contributed by atoms with Crippen LogP contribution in [-0.4, -0.2) is 42.2 Å². The maximum atomic E-state index is 12.6. The van der Waals surface area contributed by atoms with Gasteiger partial charge in [0.05, 0.1) is 0 Å². The molecule has 7 nitrogen and oxygen atoms in total. The van der Waals surface area contributed by atoms with Gasteiger partial charge in [0.15, 0.2) is 11.6 Å². The highest BCUT2D eigenvalue weighted by molar-refractivity contribution is 6.02. The number of rotatable bonds is 4. The van der Waals surface area contributed by atoms with E-state index in [1.807, 2.05) is 0 Å². The van der Waals surface area contributed by atoms with Crippen LogP contribution in [0.3, 0.4) is 0 Å². The standard InChI is InChI=1S/C11H9FN2O2.C6H9F3N2O/c1-7-13-10(6-16-7)11(15)14-9-4-2-8(12)3-5-9;7-2-3-1-4(5(8)9)11-6(10)12-3/h2-6H,1H3,(H,14,15);3-5H,1-2H2,(H2,10,11)/t;3-,4?/m.0/s1. The highest BCUT2D eigenvalue weighted by atomic mass is 19.3. The van der Waals surface area contributed by atoms with Crippen LogP contribution in [0.25, 0.3) is 0 Å². The second-order valence-corrected chi connectivity index (χ2v) is 5.71. The van der Waals surface area contributed by atoms with Gasteiger partial charge in [0.1, 0.15) is 30.9 Å². The van der Waals surface area contributed by atoms with Crippen molar-refractivity contribution in [2.75, 3.05) is 12.0 Å². The predicted molar refractivity (Wildman–Crippen MR) is 92.5 cm³/mol. The molecule has 1 aromatic heterocycles. The molecule has 3 N–H and O–H groups in total. The van der Waals surface area contributed by atoms with E-state index in [0.717, 1.165) is 0 Å². The minimum atomic E-state index is -2.61. The van der Waals surface area contributed by atoms with Crippen molar-refractivity contribution >= 4 is 17.6 Å². The molecule has 2 aromatic rings. The summed E-state index contributed by atoms with van der Waals surface area (Å²) >= 11 is 0. The second-order valence-electron chi connectivity index (χ2n) is 5.71. The molecule has 2 atom stereocenters. The number of carbonyl (C=O) groups excluding carboxylic acids is 1. The fraction of sp³-hybridized carbons (Fsp3) is 0.353. The molecular weight excluding hydrogens is 384 g/mol. The lowest BCUT2D eigenvalue weighted by molar-refractivity contribution is 0.0536. The summed E-state index contributed by atoms with van der Waals surface area (Å²) in [4.78, 5) is 18.8. The van der Waals surface area contributed by atoms with Crippen molar-refractivity contribution in [3.8, 4) is 0 Å². The zero-order valence-electron chi connectivity index (χ0n) is 14.7. The van der Waals surface area contributed by atoms with E-state index in [9.17, 15) is 22.4 Å². The van der Waals surface area contributed by atoms with Gasteiger partial charge in [-0.2, -0.15) is 0 Å². The summed E-state index contributed by atoms with van der Waals surface area (Å²) in [5, 5.41) is 2.57. The maximum Gasteiger partial charge on any atom is 0.282 e. The number of amides is 1. The molecule has 1 amide bonds. The topological polar surface area (TPSA) is 103 Å². The SMILES string of the molecule is Cc1nc(C(=O)Nc2ccc(F)cc2)co1.NC1=NC(C(F)F)C[C@@H](CF)O1. The first-order chi connectivity index (χ1) is 13.3. The molecule has 152 valence electrons. The summed E-state index contributed by atoms with van der Waals surface area (Å²) in [6.07, 6.45) is -2.33. The highest BCUT2D eigenvalue weighted by Crippen LogP contribution is 2.18. The molecule has 0 bridgehead atoms. The average molecular weight is 402 g/mol. The smallest absolute Gasteiger partial charge is 0.282 e. The average Bonchev–Trinajstić information content (AvgIpc) is 3.10. The highest BCUT2D eigenvalue weighted by Gasteiger charge is 2.29. The van der Waals surface area contributed by atoms with Crippen LogP contribution >= 0.6 is 0 Å². The van der Waals surface area contributed by atoms with Crippen LogP contribution in [0.4, 0.5) is 23.2 Å². The van der Waals surface area contributed by atoms with Gasteiger partial charge < -0.3 is 20.2 Å². The predicted octanol–water partition coefficient (Wildman–Crippen LogP) is 3.07. The molecular formula is C17H18F4N4O3. The number of hydrogen-bond donors (Lipinski definition) is 2. The molecule has 0 spiro atoms. The zero-order valence-corrected chi connectivity index (χ0v) is 14.7. The van der Waals surface area contributed by atoms with Crippen molar-refractivity contribution in [1.29, 1.82) is 0 Å². The third kappa shape index (κ3) is 6.25. The minimum Gasteiger partial charge on any atom is -0.459 e. The number of halogens is 4. The van der Waals surface area contributed by atoms with Crippen molar-refractivity contribution in [3.05, 3.63) is 47.9 Å². The maximum absolute atomic E-state index is 12.6. The van der Waals surface area contributed by atoms with Gasteiger partial charge in [0.2, 0.25) is 0 Å². The fourth-order valence-corrected chi connectivity index (χ4v) is 2.18. The number of alkyl halides is 3. The van der Waals surface area contributed by atoms with Crippen molar-refractivity contribution in [1.82, 2.24) is 4.98 Å². The number of benzene rings is 1. The number of anilines is 1. The van der Waals surface area contributed by atoms with E-state index in [1.165, 1.54) is 30.5 Å². The van der Waals surface area contributed by atoms with Gasteiger partial charge in [-0.15, -0.1) is 0 Å². The molecule has 1 aromatic carbocycles. The molecule has 11 heteroatoms. The van der Waals surface area contributed by atoms with Crippen LogP contribution in [0.15, 0.2) is 39.9 Å². The lowest BCUT2D eigenvalue weighted by atomic mass is 10.1. The quantitative estimate of drug-likeness (QED) is 0.766. The molecule has 2 heterocycles. The number of hydrogen-bond acceptors (Lipinski definition) is 6. The Balaban J connectivity index is 0.000000209. The number of nitrogens with one attached hydrogen (secondary N) is 1. The molecule has 1 aliphatic heterocycles. The minimum absolute atomic E-state index is 0.116. The Morgan fingerprint density at radius 3 is 2.57 bits per heavy atom. The fourth-order valence-electron chi connectivity index (χ4n) is 2.18. The molecule has 3 rings (SSSR count).